The van der Waals surface area contributed by atoms with Gasteiger partial charge in [0.25, 0.3) is 0 Å². The van der Waals surface area contributed by atoms with E-state index in [4.69, 9.17) is 5.11 Å². The molecular weight excluding hydrogens is 282 g/mol. The molecule has 17 heavy (non-hydrogen) atoms. The van der Waals surface area contributed by atoms with Gasteiger partial charge in [0.15, 0.2) is 0 Å². The molecule has 2 atom stereocenters. The smallest absolute Gasteiger partial charge is 0.306 e. The second-order valence-corrected chi connectivity index (χ2v) is 5.23. The number of carbonyl (C=O) groups is 1. The van der Waals surface area contributed by atoms with Gasteiger partial charge in [-0.15, -0.1) is 0 Å². The van der Waals surface area contributed by atoms with Crippen LogP contribution in [0.4, 0.5) is 0 Å². The fourth-order valence-electron chi connectivity index (χ4n) is 1.84. The number of hydrogen-bond acceptors (Lipinski definition) is 2. The molecule has 3 nitrogen and oxygen atoms in total. The third-order valence-electron chi connectivity index (χ3n) is 2.98. The summed E-state index contributed by atoms with van der Waals surface area (Å²) in [5.41, 5.74) is 2.32. The third kappa shape index (κ3) is 3.82. The lowest BCUT2D eigenvalue weighted by Crippen LogP contribution is -2.23. The van der Waals surface area contributed by atoms with E-state index in [1.54, 1.807) is 6.92 Å². The van der Waals surface area contributed by atoms with E-state index in [-0.39, 0.29) is 12.0 Å². The van der Waals surface area contributed by atoms with Crippen LogP contribution in [0, 0.1) is 12.8 Å². The Morgan fingerprint density at radius 2 is 2.18 bits per heavy atom. The standard InChI is InChI=1S/C13H18BrNO2/c1-8-4-5-10(14)7-11(8)12(15-3)6-9(2)13(16)17/h4-5,7,9,12,15H,6H2,1-3H3,(H,16,17). The molecule has 0 bridgehead atoms. The van der Waals surface area contributed by atoms with Crippen LogP contribution in [0.3, 0.4) is 0 Å². The van der Waals surface area contributed by atoms with Gasteiger partial charge >= 0.3 is 5.97 Å². The van der Waals surface area contributed by atoms with Crippen molar-refractivity contribution < 1.29 is 9.90 Å². The van der Waals surface area contributed by atoms with Crippen molar-refractivity contribution in [2.75, 3.05) is 7.05 Å². The van der Waals surface area contributed by atoms with Crippen molar-refractivity contribution in [3.05, 3.63) is 33.8 Å². The molecule has 4 heteroatoms. The van der Waals surface area contributed by atoms with Crippen molar-refractivity contribution >= 4 is 21.9 Å². The zero-order valence-electron chi connectivity index (χ0n) is 10.3. The highest BCUT2D eigenvalue weighted by atomic mass is 79.9. The first kappa shape index (κ1) is 14.2. The molecule has 1 aromatic rings. The van der Waals surface area contributed by atoms with Crippen molar-refractivity contribution in [2.45, 2.75) is 26.3 Å². The molecule has 0 radical (unpaired) electrons. The summed E-state index contributed by atoms with van der Waals surface area (Å²) in [6, 6.07) is 6.14. The van der Waals surface area contributed by atoms with Crippen molar-refractivity contribution in [2.24, 2.45) is 5.92 Å². The molecule has 0 aromatic heterocycles. The lowest BCUT2D eigenvalue weighted by Gasteiger charge is -2.21. The van der Waals surface area contributed by atoms with Gasteiger partial charge in [0.05, 0.1) is 5.92 Å². The van der Waals surface area contributed by atoms with Gasteiger partial charge in [0.1, 0.15) is 0 Å². The van der Waals surface area contributed by atoms with E-state index in [2.05, 4.69) is 21.2 Å². The van der Waals surface area contributed by atoms with Gasteiger partial charge in [-0.1, -0.05) is 28.9 Å². The Bertz CT molecular complexity index is 406. The second-order valence-electron chi connectivity index (χ2n) is 4.32. The van der Waals surface area contributed by atoms with E-state index in [9.17, 15) is 4.79 Å². The summed E-state index contributed by atoms with van der Waals surface area (Å²) in [4.78, 5) is 10.9. The summed E-state index contributed by atoms with van der Waals surface area (Å²) < 4.78 is 1.02. The summed E-state index contributed by atoms with van der Waals surface area (Å²) in [5.74, 6) is -1.11. The zero-order chi connectivity index (χ0) is 13.0. The van der Waals surface area contributed by atoms with Gasteiger partial charge in [-0.2, -0.15) is 0 Å². The number of carboxylic acids is 1. The van der Waals surface area contributed by atoms with Gasteiger partial charge in [0, 0.05) is 10.5 Å². The van der Waals surface area contributed by atoms with E-state index in [0.717, 1.165) is 10.0 Å². The van der Waals surface area contributed by atoms with E-state index in [0.29, 0.717) is 6.42 Å². The molecule has 0 heterocycles. The predicted octanol–water partition coefficient (Wildman–Crippen LogP) is 3.13. The Hall–Kier alpha value is -0.870. The maximum atomic E-state index is 10.9. The van der Waals surface area contributed by atoms with E-state index in [1.165, 1.54) is 5.56 Å². The molecule has 94 valence electrons. The van der Waals surface area contributed by atoms with E-state index in [1.807, 2.05) is 32.2 Å². The number of nitrogens with one attached hydrogen (secondary N) is 1. The average molecular weight is 300 g/mol. The quantitative estimate of drug-likeness (QED) is 0.878. The molecule has 2 N–H and O–H groups in total. The van der Waals surface area contributed by atoms with Gasteiger partial charge < -0.3 is 10.4 Å². The Kier molecular flexibility index (Phi) is 5.15. The van der Waals surface area contributed by atoms with Crippen molar-refractivity contribution in [1.29, 1.82) is 0 Å². The van der Waals surface area contributed by atoms with Gasteiger partial charge in [-0.05, 0) is 43.7 Å². The molecule has 0 aliphatic heterocycles. The molecule has 0 fully saturated rings. The number of carboxylic acid groups (broad SMARTS) is 1. The molecule has 0 saturated heterocycles. The Morgan fingerprint density at radius 1 is 1.53 bits per heavy atom. The lowest BCUT2D eigenvalue weighted by molar-refractivity contribution is -0.141. The normalized spacial score (nSPS) is 14.4. The van der Waals surface area contributed by atoms with Crippen LogP contribution in [-0.2, 0) is 4.79 Å². The van der Waals surface area contributed by atoms with Crippen LogP contribution in [0.5, 0.6) is 0 Å². The van der Waals surface area contributed by atoms with E-state index < -0.39 is 5.97 Å². The number of hydrogen-bond donors (Lipinski definition) is 2. The highest BCUT2D eigenvalue weighted by molar-refractivity contribution is 9.10. The highest BCUT2D eigenvalue weighted by Crippen LogP contribution is 2.26. The van der Waals surface area contributed by atoms with Crippen LogP contribution < -0.4 is 5.32 Å². The summed E-state index contributed by atoms with van der Waals surface area (Å²) >= 11 is 3.44. The molecule has 0 aliphatic rings. The number of halogens is 1. The number of benzene rings is 1. The Balaban J connectivity index is 2.93. The Morgan fingerprint density at radius 3 is 2.71 bits per heavy atom. The topological polar surface area (TPSA) is 49.3 Å². The minimum Gasteiger partial charge on any atom is -0.481 e. The van der Waals surface area contributed by atoms with Crippen molar-refractivity contribution in [3.8, 4) is 0 Å². The molecule has 1 rings (SSSR count). The van der Waals surface area contributed by atoms with Crippen LogP contribution in [0.15, 0.2) is 22.7 Å². The Labute approximate surface area is 110 Å². The summed E-state index contributed by atoms with van der Waals surface area (Å²) in [6.45, 7) is 3.78. The lowest BCUT2D eigenvalue weighted by atomic mass is 9.93. The van der Waals surface area contributed by atoms with Crippen LogP contribution in [0.1, 0.15) is 30.5 Å². The molecule has 0 aliphatic carbocycles. The van der Waals surface area contributed by atoms with Crippen molar-refractivity contribution in [3.63, 3.8) is 0 Å². The largest absolute Gasteiger partial charge is 0.481 e. The van der Waals surface area contributed by atoms with Crippen LogP contribution in [0.25, 0.3) is 0 Å². The number of aliphatic carboxylic acids is 1. The summed E-state index contributed by atoms with van der Waals surface area (Å²) in [7, 11) is 1.86. The fraction of sp³-hybridized carbons (Fsp3) is 0.462. The third-order valence-corrected chi connectivity index (χ3v) is 3.47. The minimum atomic E-state index is -0.752. The van der Waals surface area contributed by atoms with Crippen molar-refractivity contribution in [1.82, 2.24) is 5.32 Å². The van der Waals surface area contributed by atoms with Gasteiger partial charge in [0.2, 0.25) is 0 Å². The molecule has 0 saturated carbocycles. The van der Waals surface area contributed by atoms with Crippen LogP contribution in [0.2, 0.25) is 0 Å². The highest BCUT2D eigenvalue weighted by Gasteiger charge is 2.19. The van der Waals surface area contributed by atoms with Crippen LogP contribution >= 0.6 is 15.9 Å². The molecule has 1 aromatic carbocycles. The fourth-order valence-corrected chi connectivity index (χ4v) is 2.22. The number of aryl methyl sites for hydroxylation is 1. The maximum absolute atomic E-state index is 10.9. The van der Waals surface area contributed by atoms with E-state index >= 15 is 0 Å². The first-order valence-corrected chi connectivity index (χ1v) is 6.41. The predicted molar refractivity (Wildman–Crippen MR) is 72.1 cm³/mol. The first-order chi connectivity index (χ1) is 7.95. The average Bonchev–Trinajstić information content (AvgIpc) is 2.29. The number of rotatable bonds is 5. The molecule has 0 amide bonds. The molecule has 0 spiro atoms. The monoisotopic (exact) mass is 299 g/mol. The second kappa shape index (κ2) is 6.17. The SMILES string of the molecule is CNC(CC(C)C(=O)O)c1cc(Br)ccc1C. The summed E-state index contributed by atoms with van der Waals surface area (Å²) in [5, 5.41) is 12.1. The maximum Gasteiger partial charge on any atom is 0.306 e. The van der Waals surface area contributed by atoms with Gasteiger partial charge in [-0.25, -0.2) is 0 Å². The summed E-state index contributed by atoms with van der Waals surface area (Å²) in [6.07, 6.45) is 0.586. The minimum absolute atomic E-state index is 0.0681. The molecule has 2 unspecified atom stereocenters. The van der Waals surface area contributed by atoms with Crippen LogP contribution in [-0.4, -0.2) is 18.1 Å². The zero-order valence-corrected chi connectivity index (χ0v) is 11.9. The first-order valence-electron chi connectivity index (χ1n) is 5.61. The van der Waals surface area contributed by atoms with Gasteiger partial charge in [-0.3, -0.25) is 4.79 Å². The molecular formula is C13H18BrNO2.